The molecule has 2 amide bonds. The number of hydrogen-bond acceptors (Lipinski definition) is 5. The Labute approximate surface area is 157 Å². The lowest BCUT2D eigenvalue weighted by Gasteiger charge is -2.39. The van der Waals surface area contributed by atoms with Crippen molar-refractivity contribution in [1.82, 2.24) is 20.1 Å². The van der Waals surface area contributed by atoms with E-state index in [4.69, 9.17) is 5.73 Å². The molecule has 1 aromatic carbocycles. The number of H-pyrrole nitrogens is 1. The molecule has 1 aliphatic carbocycles. The molecular formula is C19H24N6O2. The van der Waals surface area contributed by atoms with Crippen LogP contribution in [0, 0.1) is 0 Å². The number of likely N-dealkylation sites (N-methyl/N-ethyl adjacent to an activating group) is 1. The van der Waals surface area contributed by atoms with Crippen molar-refractivity contribution in [3.63, 3.8) is 0 Å². The quantitative estimate of drug-likeness (QED) is 0.734. The molecule has 0 saturated carbocycles. The Hall–Kier alpha value is -2.71. The van der Waals surface area contributed by atoms with E-state index in [1.807, 2.05) is 38.0 Å². The minimum Gasteiger partial charge on any atom is -0.350 e. The van der Waals surface area contributed by atoms with Crippen molar-refractivity contribution in [2.45, 2.75) is 19.8 Å². The van der Waals surface area contributed by atoms with Gasteiger partial charge in [0.1, 0.15) is 5.69 Å². The molecule has 142 valence electrons. The van der Waals surface area contributed by atoms with Crippen molar-refractivity contribution in [2.24, 2.45) is 5.73 Å². The predicted molar refractivity (Wildman–Crippen MR) is 103 cm³/mol. The largest absolute Gasteiger partial charge is 0.350 e. The summed E-state index contributed by atoms with van der Waals surface area (Å²) in [5, 5.41) is 10.7. The van der Waals surface area contributed by atoms with Crippen molar-refractivity contribution >= 4 is 17.5 Å². The van der Waals surface area contributed by atoms with Gasteiger partial charge in [-0.2, -0.15) is 5.10 Å². The molecule has 0 bridgehead atoms. The highest BCUT2D eigenvalue weighted by Gasteiger charge is 2.38. The zero-order valence-corrected chi connectivity index (χ0v) is 15.8. The zero-order valence-electron chi connectivity index (χ0n) is 15.8. The number of carbonyl (C=O) groups is 2. The van der Waals surface area contributed by atoms with Crippen molar-refractivity contribution in [3.8, 4) is 11.3 Å². The van der Waals surface area contributed by atoms with Crippen LogP contribution in [0.15, 0.2) is 18.2 Å². The first-order valence-electron chi connectivity index (χ1n) is 9.19. The van der Waals surface area contributed by atoms with Gasteiger partial charge in [0.05, 0.1) is 16.8 Å². The fraction of sp³-hybridized carbons (Fsp3) is 0.421. The number of hydrogen-bond donors (Lipinski definition) is 2. The number of piperazine rings is 1. The van der Waals surface area contributed by atoms with E-state index in [9.17, 15) is 9.59 Å². The number of aromatic nitrogens is 2. The zero-order chi connectivity index (χ0) is 19.3. The smallest absolute Gasteiger partial charge is 0.334 e. The number of primary amides is 1. The molecule has 1 fully saturated rings. The fourth-order valence-electron chi connectivity index (χ4n) is 3.88. The lowest BCUT2D eigenvalue weighted by Crippen LogP contribution is -2.56. The van der Waals surface area contributed by atoms with E-state index >= 15 is 0 Å². The minimum absolute atomic E-state index is 0.103. The Bertz CT molecular complexity index is 911. The Kier molecular flexibility index (Phi) is 4.24. The van der Waals surface area contributed by atoms with Crippen LogP contribution < -0.4 is 10.7 Å². The van der Waals surface area contributed by atoms with Gasteiger partial charge in [-0.1, -0.05) is 26.0 Å². The molecule has 0 spiro atoms. The molecule has 27 heavy (non-hydrogen) atoms. The van der Waals surface area contributed by atoms with Crippen LogP contribution in [0.2, 0.25) is 0 Å². The molecule has 8 heteroatoms. The second-order valence-corrected chi connectivity index (χ2v) is 7.45. The van der Waals surface area contributed by atoms with Crippen LogP contribution in [0.1, 0.15) is 41.4 Å². The second-order valence-electron chi connectivity index (χ2n) is 7.45. The normalized spacial score (nSPS) is 17.3. The Morgan fingerprint density at radius 3 is 2.56 bits per heavy atom. The first kappa shape index (κ1) is 17.7. The summed E-state index contributed by atoms with van der Waals surface area (Å²) >= 11 is 0. The topological polar surface area (TPSA) is 98.6 Å². The van der Waals surface area contributed by atoms with Crippen molar-refractivity contribution < 1.29 is 9.59 Å². The molecule has 1 saturated heterocycles. The van der Waals surface area contributed by atoms with Gasteiger partial charge in [0, 0.05) is 37.4 Å². The average Bonchev–Trinajstić information content (AvgIpc) is 3.18. The molecule has 2 aromatic rings. The molecule has 0 unspecified atom stereocenters. The van der Waals surface area contributed by atoms with Gasteiger partial charge < -0.3 is 10.6 Å². The van der Waals surface area contributed by atoms with Crippen LogP contribution in [0.4, 0.5) is 10.5 Å². The lowest BCUT2D eigenvalue weighted by atomic mass is 10.0. The average molecular weight is 368 g/mol. The number of anilines is 1. The number of amides is 2. The molecule has 2 heterocycles. The number of hydrazine groups is 1. The Morgan fingerprint density at radius 2 is 1.93 bits per heavy atom. The van der Waals surface area contributed by atoms with E-state index in [-0.39, 0.29) is 11.7 Å². The summed E-state index contributed by atoms with van der Waals surface area (Å²) in [4.78, 5) is 27.8. The third kappa shape index (κ3) is 2.72. The van der Waals surface area contributed by atoms with Gasteiger partial charge >= 0.3 is 6.03 Å². The molecular weight excluding hydrogens is 344 g/mol. The van der Waals surface area contributed by atoms with Gasteiger partial charge in [0.25, 0.3) is 0 Å². The van der Waals surface area contributed by atoms with Crippen LogP contribution >= 0.6 is 0 Å². The number of ketones is 1. The second kappa shape index (κ2) is 6.47. The number of nitrogens with one attached hydrogen (secondary N) is 1. The van der Waals surface area contributed by atoms with Gasteiger partial charge in [-0.05, 0) is 19.0 Å². The summed E-state index contributed by atoms with van der Waals surface area (Å²) in [6, 6.07) is 4.91. The molecule has 0 atom stereocenters. The summed E-state index contributed by atoms with van der Waals surface area (Å²) in [5.74, 6) is 0.0428. The molecule has 4 rings (SSSR count). The number of fused-ring (bicyclic) bond motifs is 3. The van der Waals surface area contributed by atoms with Gasteiger partial charge in [0.15, 0.2) is 5.78 Å². The van der Waals surface area contributed by atoms with Crippen LogP contribution in [0.3, 0.4) is 0 Å². The first-order chi connectivity index (χ1) is 12.9. The van der Waals surface area contributed by atoms with Crippen LogP contribution in [0.25, 0.3) is 11.3 Å². The monoisotopic (exact) mass is 368 g/mol. The van der Waals surface area contributed by atoms with Gasteiger partial charge in [0.2, 0.25) is 0 Å². The summed E-state index contributed by atoms with van der Waals surface area (Å²) < 4.78 is 0. The van der Waals surface area contributed by atoms with E-state index in [0.29, 0.717) is 35.6 Å². The van der Waals surface area contributed by atoms with Crippen molar-refractivity contribution in [2.75, 3.05) is 38.2 Å². The minimum atomic E-state index is -0.587. The third-order valence-electron chi connectivity index (χ3n) is 5.32. The number of aromatic amines is 1. The highest BCUT2D eigenvalue weighted by atomic mass is 16.2. The number of carbonyl (C=O) groups excluding carboxylic acids is 2. The van der Waals surface area contributed by atoms with Gasteiger partial charge in [-0.15, -0.1) is 0 Å². The lowest BCUT2D eigenvalue weighted by molar-refractivity contribution is 0.104. The van der Waals surface area contributed by atoms with Crippen LogP contribution in [0.5, 0.6) is 0 Å². The van der Waals surface area contributed by atoms with E-state index < -0.39 is 6.03 Å². The predicted octanol–water partition coefficient (Wildman–Crippen LogP) is 1.79. The molecule has 3 N–H and O–H groups in total. The van der Waals surface area contributed by atoms with E-state index in [2.05, 4.69) is 15.1 Å². The Morgan fingerprint density at radius 1 is 1.22 bits per heavy atom. The number of rotatable bonds is 3. The van der Waals surface area contributed by atoms with Crippen LogP contribution in [-0.4, -0.2) is 65.1 Å². The molecule has 2 aliphatic rings. The van der Waals surface area contributed by atoms with Gasteiger partial charge in [-0.3, -0.25) is 9.89 Å². The maximum absolute atomic E-state index is 13.3. The standard InChI is InChI=1S/C19H24N6O2/c1-11(2)16-15-17(22-21-16)12-5-4-6-13(14(12)18(15)26)25(19(20)27)24-9-7-23(3)8-10-24/h4-6,11H,7-10H2,1-3H3,(H2,20,27)(H,21,22). The maximum atomic E-state index is 13.3. The van der Waals surface area contributed by atoms with Crippen LogP contribution in [-0.2, 0) is 0 Å². The third-order valence-corrected chi connectivity index (χ3v) is 5.32. The van der Waals surface area contributed by atoms with Crippen molar-refractivity contribution in [3.05, 3.63) is 35.0 Å². The summed E-state index contributed by atoms with van der Waals surface area (Å²) in [5.41, 5.74) is 9.59. The molecule has 1 aliphatic heterocycles. The molecule has 0 radical (unpaired) electrons. The van der Waals surface area contributed by atoms with E-state index in [0.717, 1.165) is 24.3 Å². The molecule has 8 nitrogen and oxygen atoms in total. The highest BCUT2D eigenvalue weighted by molar-refractivity contribution is 6.25. The van der Waals surface area contributed by atoms with Crippen molar-refractivity contribution in [1.29, 1.82) is 0 Å². The van der Waals surface area contributed by atoms with E-state index in [1.54, 1.807) is 6.07 Å². The summed E-state index contributed by atoms with van der Waals surface area (Å²) in [6.07, 6.45) is 0. The number of urea groups is 1. The highest BCUT2D eigenvalue weighted by Crippen LogP contribution is 2.43. The molecule has 1 aromatic heterocycles. The Balaban J connectivity index is 1.80. The van der Waals surface area contributed by atoms with E-state index in [1.165, 1.54) is 5.01 Å². The SMILES string of the molecule is CC(C)c1[nH]nc2c1C(=O)c1c-2cccc1N(C(N)=O)N1CCN(C)CC1. The first-order valence-corrected chi connectivity index (χ1v) is 9.19. The fourth-order valence-corrected chi connectivity index (χ4v) is 3.88. The number of nitrogens with two attached hydrogens (primary N) is 1. The summed E-state index contributed by atoms with van der Waals surface area (Å²) in [7, 11) is 2.04. The van der Waals surface area contributed by atoms with Gasteiger partial charge in [-0.25, -0.2) is 14.8 Å². The summed E-state index contributed by atoms with van der Waals surface area (Å²) in [6.45, 7) is 7.02. The number of nitrogens with zero attached hydrogens (tertiary/aromatic N) is 4. The maximum Gasteiger partial charge on any atom is 0.334 e. The number of benzene rings is 1.